The number of carbonyl (C=O) groups excluding carboxylic acids is 2. The maximum absolute atomic E-state index is 12.2. The first-order valence-electron chi connectivity index (χ1n) is 7.93. The lowest BCUT2D eigenvalue weighted by Crippen LogP contribution is -2.46. The summed E-state index contributed by atoms with van der Waals surface area (Å²) in [5.74, 6) is 0.560. The van der Waals surface area contributed by atoms with Gasteiger partial charge in [0.2, 0.25) is 5.91 Å². The predicted molar refractivity (Wildman–Crippen MR) is 88.2 cm³/mol. The third-order valence-corrected chi connectivity index (χ3v) is 3.99. The molecule has 1 atom stereocenters. The van der Waals surface area contributed by atoms with Crippen molar-refractivity contribution in [3.05, 3.63) is 42.2 Å². The van der Waals surface area contributed by atoms with E-state index >= 15 is 0 Å². The van der Waals surface area contributed by atoms with Gasteiger partial charge in [0.05, 0.1) is 12.8 Å². The lowest BCUT2D eigenvalue weighted by molar-refractivity contribution is -0.123. The fourth-order valence-corrected chi connectivity index (χ4v) is 2.66. The zero-order valence-corrected chi connectivity index (χ0v) is 13.5. The highest BCUT2D eigenvalue weighted by molar-refractivity contribution is 5.92. The summed E-state index contributed by atoms with van der Waals surface area (Å²) in [4.78, 5) is 23.5. The normalized spacial score (nSPS) is 17.2. The molecule has 2 heterocycles. The van der Waals surface area contributed by atoms with Crippen LogP contribution in [0, 0.1) is 0 Å². The zero-order chi connectivity index (χ0) is 16.9. The number of nitrogens with zero attached hydrogens (tertiary/aromatic N) is 2. The van der Waals surface area contributed by atoms with Gasteiger partial charge in [-0.05, 0) is 43.2 Å². The number of methoxy groups -OCH3 is 1. The van der Waals surface area contributed by atoms with Gasteiger partial charge in [0.15, 0.2) is 5.69 Å². The summed E-state index contributed by atoms with van der Waals surface area (Å²) in [5, 5.41) is 9.99. The van der Waals surface area contributed by atoms with Gasteiger partial charge in [-0.25, -0.2) is 4.68 Å². The Kier molecular flexibility index (Phi) is 4.79. The molecule has 1 aliphatic rings. The standard InChI is InChI=1S/C17H20N4O3/c1-24-14-7-5-13(6-8-14)21-10-9-15(20-21)17(23)18-11-12-3-2-4-16(22)19-12/h5-10,12H,2-4,11H2,1H3,(H,18,23)(H,19,22)/t12-/m1/s1. The highest BCUT2D eigenvalue weighted by Crippen LogP contribution is 2.14. The maximum Gasteiger partial charge on any atom is 0.271 e. The molecule has 1 saturated heterocycles. The van der Waals surface area contributed by atoms with E-state index in [4.69, 9.17) is 4.74 Å². The molecule has 2 amide bonds. The molecule has 7 nitrogen and oxygen atoms in total. The molecule has 0 aliphatic carbocycles. The molecule has 126 valence electrons. The van der Waals surface area contributed by atoms with E-state index in [0.717, 1.165) is 24.3 Å². The van der Waals surface area contributed by atoms with Gasteiger partial charge in [0, 0.05) is 25.2 Å². The van der Waals surface area contributed by atoms with Crippen LogP contribution in [0.15, 0.2) is 36.5 Å². The second kappa shape index (κ2) is 7.16. The van der Waals surface area contributed by atoms with Gasteiger partial charge in [0.1, 0.15) is 5.75 Å². The summed E-state index contributed by atoms with van der Waals surface area (Å²) in [5.41, 5.74) is 1.18. The second-order valence-electron chi connectivity index (χ2n) is 5.71. The Balaban J connectivity index is 1.59. The van der Waals surface area contributed by atoms with Crippen molar-refractivity contribution < 1.29 is 14.3 Å². The van der Waals surface area contributed by atoms with Crippen LogP contribution in [0.4, 0.5) is 0 Å². The molecular weight excluding hydrogens is 308 g/mol. The number of amides is 2. The molecule has 0 spiro atoms. The molecule has 3 rings (SSSR count). The van der Waals surface area contributed by atoms with Crippen molar-refractivity contribution in [3.63, 3.8) is 0 Å². The van der Waals surface area contributed by atoms with Crippen molar-refractivity contribution in [2.75, 3.05) is 13.7 Å². The minimum absolute atomic E-state index is 0.00104. The first-order valence-corrected chi connectivity index (χ1v) is 7.93. The summed E-state index contributed by atoms with van der Waals surface area (Å²) in [7, 11) is 1.61. The van der Waals surface area contributed by atoms with Gasteiger partial charge in [-0.3, -0.25) is 9.59 Å². The van der Waals surface area contributed by atoms with Crippen LogP contribution in [0.3, 0.4) is 0 Å². The van der Waals surface area contributed by atoms with Gasteiger partial charge >= 0.3 is 0 Å². The van der Waals surface area contributed by atoms with Crippen LogP contribution in [0.5, 0.6) is 5.75 Å². The Labute approximate surface area is 140 Å². The van der Waals surface area contributed by atoms with Gasteiger partial charge in [-0.1, -0.05) is 0 Å². The lowest BCUT2D eigenvalue weighted by atomic mass is 10.0. The van der Waals surface area contributed by atoms with E-state index in [2.05, 4.69) is 15.7 Å². The molecule has 1 aliphatic heterocycles. The average Bonchev–Trinajstić information content (AvgIpc) is 3.10. The topological polar surface area (TPSA) is 85.2 Å². The van der Waals surface area contributed by atoms with Gasteiger partial charge < -0.3 is 15.4 Å². The molecule has 1 aromatic carbocycles. The number of aromatic nitrogens is 2. The largest absolute Gasteiger partial charge is 0.497 e. The molecule has 2 aromatic rings. The highest BCUT2D eigenvalue weighted by Gasteiger charge is 2.19. The van der Waals surface area contributed by atoms with Crippen molar-refractivity contribution >= 4 is 11.8 Å². The van der Waals surface area contributed by atoms with Crippen LogP contribution in [-0.2, 0) is 4.79 Å². The first kappa shape index (κ1) is 16.0. The van der Waals surface area contributed by atoms with E-state index in [0.29, 0.717) is 18.7 Å². The molecule has 0 bridgehead atoms. The minimum Gasteiger partial charge on any atom is -0.497 e. The summed E-state index contributed by atoms with van der Waals surface area (Å²) in [6.45, 7) is 0.417. The van der Waals surface area contributed by atoms with Crippen LogP contribution in [0.2, 0.25) is 0 Å². The summed E-state index contributed by atoms with van der Waals surface area (Å²) in [6.07, 6.45) is 4.04. The van der Waals surface area contributed by atoms with Crippen molar-refractivity contribution in [1.82, 2.24) is 20.4 Å². The molecule has 2 N–H and O–H groups in total. The Bertz CT molecular complexity index is 724. The summed E-state index contributed by atoms with van der Waals surface area (Å²) < 4.78 is 6.76. The van der Waals surface area contributed by atoms with E-state index in [1.807, 2.05) is 24.3 Å². The third-order valence-electron chi connectivity index (χ3n) is 3.99. The van der Waals surface area contributed by atoms with Crippen molar-refractivity contribution in [2.45, 2.75) is 25.3 Å². The second-order valence-corrected chi connectivity index (χ2v) is 5.71. The monoisotopic (exact) mass is 328 g/mol. The first-order chi connectivity index (χ1) is 11.7. The van der Waals surface area contributed by atoms with Crippen LogP contribution < -0.4 is 15.4 Å². The van der Waals surface area contributed by atoms with Crippen LogP contribution in [-0.4, -0.2) is 41.3 Å². The molecule has 1 fully saturated rings. The molecule has 0 unspecified atom stereocenters. The predicted octanol–water partition coefficient (Wildman–Crippen LogP) is 1.28. The fourth-order valence-electron chi connectivity index (χ4n) is 2.66. The Morgan fingerprint density at radius 2 is 2.17 bits per heavy atom. The smallest absolute Gasteiger partial charge is 0.271 e. The summed E-state index contributed by atoms with van der Waals surface area (Å²) in [6, 6.07) is 9.07. The number of hydrogen-bond acceptors (Lipinski definition) is 4. The molecule has 24 heavy (non-hydrogen) atoms. The Morgan fingerprint density at radius 3 is 2.88 bits per heavy atom. The minimum atomic E-state index is -0.248. The quantitative estimate of drug-likeness (QED) is 0.866. The number of nitrogens with one attached hydrogen (secondary N) is 2. The van der Waals surface area contributed by atoms with Crippen LogP contribution >= 0.6 is 0 Å². The number of hydrogen-bond donors (Lipinski definition) is 2. The van der Waals surface area contributed by atoms with Crippen LogP contribution in [0.25, 0.3) is 5.69 Å². The summed E-state index contributed by atoms with van der Waals surface area (Å²) >= 11 is 0. The van der Waals surface area contributed by atoms with Crippen molar-refractivity contribution in [3.8, 4) is 11.4 Å². The van der Waals surface area contributed by atoms with Gasteiger partial charge in [-0.2, -0.15) is 5.10 Å². The number of ether oxygens (including phenoxy) is 1. The average molecular weight is 328 g/mol. The van der Waals surface area contributed by atoms with E-state index in [-0.39, 0.29) is 17.9 Å². The Hall–Kier alpha value is -2.83. The number of piperidine rings is 1. The van der Waals surface area contributed by atoms with Crippen molar-refractivity contribution in [1.29, 1.82) is 0 Å². The molecule has 1 aromatic heterocycles. The molecule has 0 saturated carbocycles. The number of benzene rings is 1. The third kappa shape index (κ3) is 3.73. The SMILES string of the molecule is COc1ccc(-n2ccc(C(=O)NC[C@H]3CCCC(=O)N3)n2)cc1. The van der Waals surface area contributed by atoms with Crippen molar-refractivity contribution in [2.24, 2.45) is 0 Å². The van der Waals surface area contributed by atoms with Gasteiger partial charge in [0.25, 0.3) is 5.91 Å². The van der Waals surface area contributed by atoms with E-state index in [1.165, 1.54) is 0 Å². The fraction of sp³-hybridized carbons (Fsp3) is 0.353. The Morgan fingerprint density at radius 1 is 1.38 bits per heavy atom. The van der Waals surface area contributed by atoms with E-state index < -0.39 is 0 Å². The molecule has 0 radical (unpaired) electrons. The van der Waals surface area contributed by atoms with Gasteiger partial charge in [-0.15, -0.1) is 0 Å². The lowest BCUT2D eigenvalue weighted by Gasteiger charge is -2.23. The maximum atomic E-state index is 12.2. The highest BCUT2D eigenvalue weighted by atomic mass is 16.5. The van der Waals surface area contributed by atoms with Crippen LogP contribution in [0.1, 0.15) is 29.8 Å². The number of rotatable bonds is 5. The van der Waals surface area contributed by atoms with E-state index in [9.17, 15) is 9.59 Å². The van der Waals surface area contributed by atoms with E-state index in [1.54, 1.807) is 24.1 Å². The molecule has 7 heteroatoms. The molecular formula is C17H20N4O3. The zero-order valence-electron chi connectivity index (χ0n) is 13.5. The number of carbonyl (C=O) groups is 2.